The van der Waals surface area contributed by atoms with Crippen molar-refractivity contribution in [2.45, 2.75) is 55.7 Å². The van der Waals surface area contributed by atoms with Gasteiger partial charge in [0.1, 0.15) is 5.75 Å². The number of aliphatic hydroxyl groups excluding tert-OH is 1. The Hall–Kier alpha value is -1.53. The summed E-state index contributed by atoms with van der Waals surface area (Å²) in [5.41, 5.74) is 0.945. The standard InChI is InChI=1S/C17H23N3O2S/c1-3-20-16(12-8-4-6-10-14(12)22-2)18-19-17(20)23-15-11-7-5-9-13(15)21/h4,6,8,10,13,15,21H,3,5,7,9,11H2,1-2H3. The largest absolute Gasteiger partial charge is 0.496 e. The number of rotatable bonds is 5. The summed E-state index contributed by atoms with van der Waals surface area (Å²) in [6.07, 6.45) is 3.97. The van der Waals surface area contributed by atoms with Crippen molar-refractivity contribution in [3.05, 3.63) is 24.3 Å². The Bertz CT molecular complexity index is 659. The van der Waals surface area contributed by atoms with E-state index in [1.165, 1.54) is 6.42 Å². The maximum Gasteiger partial charge on any atom is 0.191 e. The maximum absolute atomic E-state index is 10.2. The molecule has 1 aromatic carbocycles. The highest BCUT2D eigenvalue weighted by molar-refractivity contribution is 7.99. The van der Waals surface area contributed by atoms with E-state index in [2.05, 4.69) is 21.7 Å². The molecule has 0 bridgehead atoms. The molecule has 0 radical (unpaired) electrons. The van der Waals surface area contributed by atoms with Crippen molar-refractivity contribution in [1.29, 1.82) is 0 Å². The van der Waals surface area contributed by atoms with Crippen molar-refractivity contribution in [3.63, 3.8) is 0 Å². The molecule has 0 spiro atoms. The minimum Gasteiger partial charge on any atom is -0.496 e. The zero-order valence-corrected chi connectivity index (χ0v) is 14.4. The van der Waals surface area contributed by atoms with E-state index in [1.807, 2.05) is 24.3 Å². The molecule has 5 nitrogen and oxygen atoms in total. The number of benzene rings is 1. The van der Waals surface area contributed by atoms with E-state index in [4.69, 9.17) is 4.74 Å². The average molecular weight is 333 g/mol. The number of methoxy groups -OCH3 is 1. The average Bonchev–Trinajstić information content (AvgIpc) is 2.99. The Morgan fingerprint density at radius 1 is 1.26 bits per heavy atom. The molecule has 2 aromatic rings. The molecule has 1 N–H and O–H groups in total. The third kappa shape index (κ3) is 3.38. The lowest BCUT2D eigenvalue weighted by Crippen LogP contribution is -2.27. The summed E-state index contributed by atoms with van der Waals surface area (Å²) in [4.78, 5) is 0. The van der Waals surface area contributed by atoms with Gasteiger partial charge in [0.25, 0.3) is 0 Å². The molecule has 0 aliphatic heterocycles. The number of hydrogen-bond donors (Lipinski definition) is 1. The Morgan fingerprint density at radius 2 is 2.04 bits per heavy atom. The van der Waals surface area contributed by atoms with Gasteiger partial charge in [-0.15, -0.1) is 10.2 Å². The monoisotopic (exact) mass is 333 g/mol. The predicted molar refractivity (Wildman–Crippen MR) is 91.8 cm³/mol. The number of hydrogen-bond acceptors (Lipinski definition) is 5. The van der Waals surface area contributed by atoms with Crippen molar-refractivity contribution in [2.75, 3.05) is 7.11 Å². The first-order chi connectivity index (χ1) is 11.2. The summed E-state index contributed by atoms with van der Waals surface area (Å²) in [7, 11) is 1.67. The first-order valence-corrected chi connectivity index (χ1v) is 9.03. The van der Waals surface area contributed by atoms with Gasteiger partial charge in [-0.3, -0.25) is 0 Å². The minimum absolute atomic E-state index is 0.212. The third-order valence-corrected chi connectivity index (χ3v) is 5.67. The molecule has 0 amide bonds. The molecule has 1 aliphatic carbocycles. The van der Waals surface area contributed by atoms with Gasteiger partial charge in [0, 0.05) is 11.8 Å². The van der Waals surface area contributed by atoms with Crippen molar-refractivity contribution in [1.82, 2.24) is 14.8 Å². The lowest BCUT2D eigenvalue weighted by molar-refractivity contribution is 0.137. The Labute approximate surface area is 141 Å². The van der Waals surface area contributed by atoms with E-state index in [0.717, 1.165) is 48.1 Å². The van der Waals surface area contributed by atoms with Gasteiger partial charge in [-0.25, -0.2) is 0 Å². The summed E-state index contributed by atoms with van der Waals surface area (Å²) < 4.78 is 7.55. The molecule has 1 saturated carbocycles. The van der Waals surface area contributed by atoms with Crippen LogP contribution in [-0.2, 0) is 6.54 Å². The topological polar surface area (TPSA) is 60.2 Å². The van der Waals surface area contributed by atoms with E-state index in [0.29, 0.717) is 0 Å². The van der Waals surface area contributed by atoms with Crippen LogP contribution < -0.4 is 4.74 Å². The van der Waals surface area contributed by atoms with E-state index in [1.54, 1.807) is 18.9 Å². The lowest BCUT2D eigenvalue weighted by atomic mass is 9.97. The number of para-hydroxylation sites is 1. The lowest BCUT2D eigenvalue weighted by Gasteiger charge is -2.26. The van der Waals surface area contributed by atoms with Crippen LogP contribution >= 0.6 is 11.8 Å². The van der Waals surface area contributed by atoms with Crippen LogP contribution in [0.2, 0.25) is 0 Å². The molecule has 2 atom stereocenters. The normalized spacial score (nSPS) is 21.3. The number of nitrogens with zero attached hydrogens (tertiary/aromatic N) is 3. The molecule has 6 heteroatoms. The molecule has 1 aliphatic rings. The molecule has 23 heavy (non-hydrogen) atoms. The van der Waals surface area contributed by atoms with Gasteiger partial charge in [0.2, 0.25) is 0 Å². The Balaban J connectivity index is 1.90. The zero-order valence-electron chi connectivity index (χ0n) is 13.6. The fraction of sp³-hybridized carbons (Fsp3) is 0.529. The number of ether oxygens (including phenoxy) is 1. The zero-order chi connectivity index (χ0) is 16.2. The SMILES string of the molecule is CCn1c(SC2CCCCC2O)nnc1-c1ccccc1OC. The summed E-state index contributed by atoms with van der Waals surface area (Å²) >= 11 is 1.65. The number of thioether (sulfide) groups is 1. The van der Waals surface area contributed by atoms with E-state index >= 15 is 0 Å². The van der Waals surface area contributed by atoms with Gasteiger partial charge in [-0.1, -0.05) is 36.7 Å². The summed E-state index contributed by atoms with van der Waals surface area (Å²) in [6.45, 7) is 2.87. The quantitative estimate of drug-likeness (QED) is 0.909. The fourth-order valence-electron chi connectivity index (χ4n) is 3.04. The van der Waals surface area contributed by atoms with Crippen LogP contribution in [0.5, 0.6) is 5.75 Å². The molecule has 124 valence electrons. The fourth-order valence-corrected chi connectivity index (χ4v) is 4.32. The van der Waals surface area contributed by atoms with Crippen LogP contribution in [0, 0.1) is 0 Å². The van der Waals surface area contributed by atoms with Crippen LogP contribution in [0.15, 0.2) is 29.4 Å². The second kappa shape index (κ2) is 7.36. The van der Waals surface area contributed by atoms with Crippen LogP contribution in [0.4, 0.5) is 0 Å². The second-order valence-corrected chi connectivity index (χ2v) is 6.97. The second-order valence-electron chi connectivity index (χ2n) is 5.76. The molecule has 1 fully saturated rings. The van der Waals surface area contributed by atoms with Gasteiger partial charge < -0.3 is 14.4 Å². The number of aliphatic hydroxyl groups is 1. The summed E-state index contributed by atoms with van der Waals surface area (Å²) in [5, 5.41) is 20.1. The molecule has 1 heterocycles. The third-order valence-electron chi connectivity index (χ3n) is 4.31. The molecule has 3 rings (SSSR count). The van der Waals surface area contributed by atoms with Crippen LogP contribution in [0.3, 0.4) is 0 Å². The highest BCUT2D eigenvalue weighted by Gasteiger charge is 2.27. The Kier molecular flexibility index (Phi) is 5.23. The van der Waals surface area contributed by atoms with E-state index < -0.39 is 0 Å². The van der Waals surface area contributed by atoms with Gasteiger partial charge in [0.15, 0.2) is 11.0 Å². The molecular formula is C17H23N3O2S. The minimum atomic E-state index is -0.245. The molecular weight excluding hydrogens is 310 g/mol. The van der Waals surface area contributed by atoms with E-state index in [9.17, 15) is 5.11 Å². The maximum atomic E-state index is 10.2. The molecule has 2 unspecified atom stereocenters. The molecule has 0 saturated heterocycles. The summed E-state index contributed by atoms with van der Waals surface area (Å²) in [6, 6.07) is 7.86. The van der Waals surface area contributed by atoms with E-state index in [-0.39, 0.29) is 11.4 Å². The first-order valence-electron chi connectivity index (χ1n) is 8.16. The van der Waals surface area contributed by atoms with Crippen LogP contribution in [0.1, 0.15) is 32.6 Å². The summed E-state index contributed by atoms with van der Waals surface area (Å²) in [5.74, 6) is 1.61. The smallest absolute Gasteiger partial charge is 0.191 e. The molecule has 1 aromatic heterocycles. The first kappa shape index (κ1) is 16.3. The van der Waals surface area contributed by atoms with Crippen LogP contribution in [-0.4, -0.2) is 38.3 Å². The van der Waals surface area contributed by atoms with Crippen molar-refractivity contribution in [3.8, 4) is 17.1 Å². The predicted octanol–water partition coefficient (Wildman–Crippen LogP) is 3.37. The Morgan fingerprint density at radius 3 is 2.78 bits per heavy atom. The highest BCUT2D eigenvalue weighted by atomic mass is 32.2. The van der Waals surface area contributed by atoms with Crippen LogP contribution in [0.25, 0.3) is 11.4 Å². The van der Waals surface area contributed by atoms with Crippen molar-refractivity contribution >= 4 is 11.8 Å². The van der Waals surface area contributed by atoms with Gasteiger partial charge in [-0.2, -0.15) is 0 Å². The van der Waals surface area contributed by atoms with Gasteiger partial charge in [-0.05, 0) is 31.9 Å². The van der Waals surface area contributed by atoms with Gasteiger partial charge >= 0.3 is 0 Å². The van der Waals surface area contributed by atoms with Crippen molar-refractivity contribution in [2.24, 2.45) is 0 Å². The number of aromatic nitrogens is 3. The van der Waals surface area contributed by atoms with Gasteiger partial charge in [0.05, 0.1) is 18.8 Å². The highest BCUT2D eigenvalue weighted by Crippen LogP contribution is 2.36. The van der Waals surface area contributed by atoms with Crippen molar-refractivity contribution < 1.29 is 9.84 Å².